The van der Waals surface area contributed by atoms with Gasteiger partial charge in [-0.3, -0.25) is 9.79 Å². The number of aliphatic imine (C=N–C) groups is 1. The van der Waals surface area contributed by atoms with Crippen molar-refractivity contribution < 1.29 is 14.1 Å². The molecule has 8 nitrogen and oxygen atoms in total. The molecule has 4 aliphatic rings. The number of nitrogens with zero attached hydrogens (tertiary/aromatic N) is 1. The second kappa shape index (κ2) is 9.69. The lowest BCUT2D eigenvalue weighted by Gasteiger charge is -2.64. The number of hydrogen-bond donors (Lipinski definition) is 4. The van der Waals surface area contributed by atoms with E-state index in [2.05, 4.69) is 31.1 Å². The van der Waals surface area contributed by atoms with Crippen molar-refractivity contribution in [1.29, 1.82) is 0 Å². The van der Waals surface area contributed by atoms with Gasteiger partial charge in [-0.25, -0.2) is 0 Å². The van der Waals surface area contributed by atoms with Crippen LogP contribution >= 0.6 is 0 Å². The van der Waals surface area contributed by atoms with Crippen molar-refractivity contribution in [2.24, 2.45) is 33.7 Å². The minimum absolute atomic E-state index is 0.0344. The molecule has 1 saturated heterocycles. The molecular weight excluding hydrogens is 465 g/mol. The summed E-state index contributed by atoms with van der Waals surface area (Å²) in [7, 11) is -0.533. The van der Waals surface area contributed by atoms with E-state index in [9.17, 15) is 4.79 Å². The van der Waals surface area contributed by atoms with Crippen molar-refractivity contribution in [3.8, 4) is 11.1 Å². The van der Waals surface area contributed by atoms with Crippen LogP contribution in [0.1, 0.15) is 56.8 Å². The van der Waals surface area contributed by atoms with E-state index < -0.39 is 7.12 Å². The number of rotatable bonds is 8. The lowest BCUT2D eigenvalue weighted by atomic mass is 9.43. The van der Waals surface area contributed by atoms with Gasteiger partial charge in [0, 0.05) is 23.4 Å². The van der Waals surface area contributed by atoms with Crippen molar-refractivity contribution in [2.75, 3.05) is 12.3 Å². The molecular formula is C28H38BN5O3. The third-order valence-corrected chi connectivity index (χ3v) is 8.98. The van der Waals surface area contributed by atoms with Crippen molar-refractivity contribution in [3.05, 3.63) is 54.1 Å². The molecule has 2 bridgehead atoms. The van der Waals surface area contributed by atoms with Crippen molar-refractivity contribution in [2.45, 2.75) is 64.1 Å². The molecule has 2 unspecified atom stereocenters. The molecule has 2 aromatic carbocycles. The summed E-state index contributed by atoms with van der Waals surface area (Å²) in [6, 6.07) is 15.3. The Kier molecular flexibility index (Phi) is 6.70. The number of carbonyl (C=O) groups is 1. The second-order valence-electron chi connectivity index (χ2n) is 11.5. The minimum atomic E-state index is -0.533. The van der Waals surface area contributed by atoms with E-state index in [0.717, 1.165) is 17.5 Å². The van der Waals surface area contributed by atoms with Crippen molar-refractivity contribution in [1.82, 2.24) is 5.32 Å². The summed E-state index contributed by atoms with van der Waals surface area (Å²) < 4.78 is 13.2. The van der Waals surface area contributed by atoms with Gasteiger partial charge in [-0.15, -0.1) is 0 Å². The maximum atomic E-state index is 13.4. The number of guanidine groups is 1. The molecule has 2 aromatic rings. The Morgan fingerprint density at radius 3 is 2.59 bits per heavy atom. The van der Waals surface area contributed by atoms with Crippen molar-refractivity contribution in [3.63, 3.8) is 0 Å². The molecule has 0 radical (unpaired) electrons. The summed E-state index contributed by atoms with van der Waals surface area (Å²) in [5, 5.41) is 3.17. The number of nitrogen functional groups attached to an aromatic ring is 1. The van der Waals surface area contributed by atoms with Crippen LogP contribution in [0, 0.1) is 17.3 Å². The first-order valence-corrected chi connectivity index (χ1v) is 13.2. The Morgan fingerprint density at radius 1 is 1.16 bits per heavy atom. The highest BCUT2D eigenvalue weighted by Crippen LogP contribution is 2.65. The number of anilines is 1. The van der Waals surface area contributed by atoms with Gasteiger partial charge in [0.2, 0.25) is 0 Å². The quantitative estimate of drug-likeness (QED) is 0.143. The molecule has 1 aliphatic heterocycles. The van der Waals surface area contributed by atoms with Gasteiger partial charge in [-0.2, -0.15) is 0 Å². The van der Waals surface area contributed by atoms with Gasteiger partial charge in [-0.1, -0.05) is 50.2 Å². The van der Waals surface area contributed by atoms with Crippen LogP contribution in [0.15, 0.2) is 53.5 Å². The van der Waals surface area contributed by atoms with Gasteiger partial charge in [0.05, 0.1) is 17.6 Å². The minimum Gasteiger partial charge on any atom is -0.404 e. The van der Waals surface area contributed by atoms with Crippen LogP contribution < -0.4 is 22.5 Å². The molecule has 196 valence electrons. The highest BCUT2D eigenvalue weighted by molar-refractivity contribution is 6.48. The van der Waals surface area contributed by atoms with E-state index in [4.69, 9.17) is 26.5 Å². The standard InChI is InChI=1S/C28H38BN5O3/c1-27(2)19-15-22(27)28(3)23(16-19)36-29(37-28)24(10-7-13-33-26(31)32)34-25(35)18-11-12-20(21(30)14-18)17-8-5-4-6-9-17/h4-6,8-9,11-12,14,19,22-24H,7,10,13,15-16,30H2,1-3H3,(H,34,35)(H4,31,32,33)/t19?,22?,23-,24+,28+/m1/s1. The van der Waals surface area contributed by atoms with E-state index >= 15 is 0 Å². The van der Waals surface area contributed by atoms with Crippen LogP contribution in [0.2, 0.25) is 0 Å². The van der Waals surface area contributed by atoms with Gasteiger partial charge >= 0.3 is 7.12 Å². The summed E-state index contributed by atoms with van der Waals surface area (Å²) in [4.78, 5) is 17.5. The highest BCUT2D eigenvalue weighted by Gasteiger charge is 2.68. The normalized spacial score (nSPS) is 28.1. The Bertz CT molecular complexity index is 1190. The Labute approximate surface area is 219 Å². The molecule has 4 fully saturated rings. The molecule has 1 heterocycles. The van der Waals surface area contributed by atoms with Gasteiger partial charge in [-0.05, 0) is 67.6 Å². The number of amides is 1. The van der Waals surface area contributed by atoms with Gasteiger partial charge in [0.1, 0.15) is 0 Å². The zero-order valence-corrected chi connectivity index (χ0v) is 21.9. The van der Waals surface area contributed by atoms with Gasteiger partial charge in [0.25, 0.3) is 5.91 Å². The van der Waals surface area contributed by atoms with Crippen LogP contribution in [0.3, 0.4) is 0 Å². The second-order valence-corrected chi connectivity index (χ2v) is 11.5. The third-order valence-electron chi connectivity index (χ3n) is 8.98. The average Bonchev–Trinajstić information content (AvgIpc) is 3.23. The summed E-state index contributed by atoms with van der Waals surface area (Å²) in [5.74, 6) is 0.592. The lowest BCUT2D eigenvalue weighted by molar-refractivity contribution is -0.199. The molecule has 37 heavy (non-hydrogen) atoms. The van der Waals surface area contributed by atoms with Crippen LogP contribution in [0.25, 0.3) is 11.1 Å². The monoisotopic (exact) mass is 503 g/mol. The highest BCUT2D eigenvalue weighted by atomic mass is 16.7. The maximum Gasteiger partial charge on any atom is 0.481 e. The van der Waals surface area contributed by atoms with Gasteiger partial charge < -0.3 is 31.8 Å². The van der Waals surface area contributed by atoms with E-state index in [1.54, 1.807) is 12.1 Å². The molecule has 0 aromatic heterocycles. The predicted molar refractivity (Wildman–Crippen MR) is 148 cm³/mol. The summed E-state index contributed by atoms with van der Waals surface area (Å²) in [5.41, 5.74) is 20.2. The van der Waals surface area contributed by atoms with Crippen LogP contribution in [-0.4, -0.2) is 43.2 Å². The summed E-state index contributed by atoms with van der Waals surface area (Å²) >= 11 is 0. The lowest BCUT2D eigenvalue weighted by Crippen LogP contribution is -2.65. The summed E-state index contributed by atoms with van der Waals surface area (Å²) in [6.45, 7) is 7.32. The first-order chi connectivity index (χ1) is 17.6. The molecule has 3 aliphatic carbocycles. The van der Waals surface area contributed by atoms with Crippen molar-refractivity contribution >= 4 is 24.7 Å². The third kappa shape index (κ3) is 4.70. The Balaban J connectivity index is 1.33. The molecule has 6 rings (SSSR count). The zero-order chi connectivity index (χ0) is 26.4. The first kappa shape index (κ1) is 25.6. The van der Waals surface area contributed by atoms with Crippen LogP contribution in [-0.2, 0) is 9.31 Å². The fourth-order valence-electron chi connectivity index (χ4n) is 6.70. The molecule has 0 spiro atoms. The smallest absolute Gasteiger partial charge is 0.404 e. The molecule has 1 amide bonds. The first-order valence-electron chi connectivity index (χ1n) is 13.2. The fraction of sp³-hybridized carbons (Fsp3) is 0.500. The maximum absolute atomic E-state index is 13.4. The number of benzene rings is 2. The largest absolute Gasteiger partial charge is 0.481 e. The average molecular weight is 503 g/mol. The number of nitrogens with two attached hydrogens (primary N) is 3. The van der Waals surface area contributed by atoms with Gasteiger partial charge in [0.15, 0.2) is 5.96 Å². The van der Waals surface area contributed by atoms with Crippen LogP contribution in [0.5, 0.6) is 0 Å². The Morgan fingerprint density at radius 2 is 1.92 bits per heavy atom. The molecule has 7 N–H and O–H groups in total. The molecule has 3 saturated carbocycles. The van der Waals surface area contributed by atoms with E-state index in [0.29, 0.717) is 42.5 Å². The Hall–Kier alpha value is -3.04. The number of hydrogen-bond acceptors (Lipinski definition) is 5. The van der Waals surface area contributed by atoms with E-state index in [-0.39, 0.29) is 34.9 Å². The number of nitrogens with one attached hydrogen (secondary N) is 1. The van der Waals surface area contributed by atoms with E-state index in [1.807, 2.05) is 36.4 Å². The summed E-state index contributed by atoms with van der Waals surface area (Å²) in [6.07, 6.45) is 3.49. The SMILES string of the molecule is CC1(C)C2CC1[C@]1(C)OB([C@H](CCCN=C(N)N)NC(=O)c3ccc(-c4ccccc4)c(N)c3)O[C@@H]1C2. The number of carbonyl (C=O) groups excluding carboxylic acids is 1. The van der Waals surface area contributed by atoms with Crippen LogP contribution in [0.4, 0.5) is 5.69 Å². The van der Waals surface area contributed by atoms with E-state index in [1.165, 1.54) is 6.42 Å². The zero-order valence-electron chi connectivity index (χ0n) is 21.9. The molecule has 5 atom stereocenters. The molecule has 9 heteroatoms. The predicted octanol–water partition coefficient (Wildman–Crippen LogP) is 3.36. The topological polar surface area (TPSA) is 138 Å². The fourth-order valence-corrected chi connectivity index (χ4v) is 6.70.